The second-order valence-electron chi connectivity index (χ2n) is 7.51. The Hall–Kier alpha value is -2.70. The summed E-state index contributed by atoms with van der Waals surface area (Å²) in [6, 6.07) is 18.1. The molecule has 150 valence electrons. The van der Waals surface area contributed by atoms with Crippen LogP contribution in [0.15, 0.2) is 60.0 Å². The van der Waals surface area contributed by atoms with Gasteiger partial charge in [-0.05, 0) is 18.2 Å². The fourth-order valence-electron chi connectivity index (χ4n) is 3.53. The molecule has 1 saturated heterocycles. The quantitative estimate of drug-likeness (QED) is 0.646. The number of nitrogens with zero attached hydrogens (tertiary/aromatic N) is 4. The first kappa shape index (κ1) is 19.6. The molecule has 0 spiro atoms. The molecule has 2 aromatic carbocycles. The van der Waals surface area contributed by atoms with Gasteiger partial charge in [0.25, 0.3) is 5.91 Å². The maximum Gasteiger partial charge on any atom is 0.254 e. The first-order valence-electron chi connectivity index (χ1n) is 9.89. The number of hydrogen-bond acceptors (Lipinski definition) is 5. The van der Waals surface area contributed by atoms with Crippen LogP contribution in [0.3, 0.4) is 0 Å². The zero-order valence-corrected chi connectivity index (χ0v) is 17.7. The lowest BCUT2D eigenvalue weighted by Gasteiger charge is -2.34. The summed E-state index contributed by atoms with van der Waals surface area (Å²) in [5.74, 6) is 0.119. The molecule has 0 N–H and O–H groups in total. The Labute approximate surface area is 176 Å². The summed E-state index contributed by atoms with van der Waals surface area (Å²) in [4.78, 5) is 24.0. The van der Waals surface area contributed by atoms with Crippen molar-refractivity contribution in [1.29, 1.82) is 0 Å². The lowest BCUT2D eigenvalue weighted by molar-refractivity contribution is 0.0628. The van der Waals surface area contributed by atoms with E-state index >= 15 is 0 Å². The normalized spacial score (nSPS) is 14.8. The van der Waals surface area contributed by atoms with Crippen molar-refractivity contribution in [3.63, 3.8) is 0 Å². The Kier molecular flexibility index (Phi) is 5.92. The lowest BCUT2D eigenvalue weighted by atomic mass is 10.1. The van der Waals surface area contributed by atoms with Crippen LogP contribution in [0.25, 0.3) is 11.3 Å². The van der Waals surface area contributed by atoms with E-state index in [0.717, 1.165) is 60.2 Å². The molecule has 4 rings (SSSR count). The number of benzene rings is 2. The average molecular weight is 407 g/mol. The smallest absolute Gasteiger partial charge is 0.254 e. The van der Waals surface area contributed by atoms with Crippen LogP contribution in [0, 0.1) is 0 Å². The highest BCUT2D eigenvalue weighted by Crippen LogP contribution is 2.23. The van der Waals surface area contributed by atoms with Gasteiger partial charge in [-0.15, -0.1) is 11.3 Å². The number of thiazole rings is 1. The number of amides is 1. The summed E-state index contributed by atoms with van der Waals surface area (Å²) in [5, 5.41) is 3.25. The topological polar surface area (TPSA) is 39.7 Å². The monoisotopic (exact) mass is 406 g/mol. The number of aromatic nitrogens is 1. The molecule has 1 aliphatic heterocycles. The van der Waals surface area contributed by atoms with E-state index in [9.17, 15) is 4.79 Å². The first-order chi connectivity index (χ1) is 14.1. The van der Waals surface area contributed by atoms with Crippen LogP contribution >= 0.6 is 11.3 Å². The van der Waals surface area contributed by atoms with Crippen molar-refractivity contribution < 1.29 is 4.79 Å². The van der Waals surface area contributed by atoms with E-state index in [1.165, 1.54) is 0 Å². The molecule has 1 fully saturated rings. The third-order valence-electron chi connectivity index (χ3n) is 5.25. The fourth-order valence-corrected chi connectivity index (χ4v) is 4.37. The van der Waals surface area contributed by atoms with Crippen LogP contribution in [0.2, 0.25) is 0 Å². The summed E-state index contributed by atoms with van der Waals surface area (Å²) in [6.45, 7) is 4.10. The van der Waals surface area contributed by atoms with Gasteiger partial charge in [0, 0.05) is 62.5 Å². The van der Waals surface area contributed by atoms with Gasteiger partial charge < -0.3 is 9.80 Å². The van der Waals surface area contributed by atoms with Crippen LogP contribution in [-0.2, 0) is 6.54 Å². The van der Waals surface area contributed by atoms with Crippen molar-refractivity contribution in [3.05, 3.63) is 70.5 Å². The van der Waals surface area contributed by atoms with Gasteiger partial charge >= 0.3 is 0 Å². The van der Waals surface area contributed by atoms with Crippen LogP contribution in [-0.4, -0.2) is 61.0 Å². The molecule has 2 heterocycles. The molecule has 1 aromatic heterocycles. The Morgan fingerprint density at radius 1 is 1.03 bits per heavy atom. The number of carbonyl (C=O) groups excluding carboxylic acids is 1. The Balaban J connectivity index is 1.33. The van der Waals surface area contributed by atoms with E-state index in [4.69, 9.17) is 4.98 Å². The fraction of sp³-hybridized carbons (Fsp3) is 0.304. The zero-order chi connectivity index (χ0) is 20.2. The summed E-state index contributed by atoms with van der Waals surface area (Å²) in [6.07, 6.45) is 0. The van der Waals surface area contributed by atoms with Gasteiger partial charge in [0.1, 0.15) is 5.01 Å². The maximum absolute atomic E-state index is 12.9. The SMILES string of the molecule is CN(C)c1cccc(C(=O)N2CCN(Cc3nc(-c4ccccc4)cs3)CC2)c1. The molecule has 0 saturated carbocycles. The minimum absolute atomic E-state index is 0.119. The Bertz CT molecular complexity index is 962. The minimum atomic E-state index is 0.119. The highest BCUT2D eigenvalue weighted by molar-refractivity contribution is 7.09. The third-order valence-corrected chi connectivity index (χ3v) is 6.08. The van der Waals surface area contributed by atoms with E-state index in [1.807, 2.05) is 66.4 Å². The molecular formula is C23H26N4OS. The highest BCUT2D eigenvalue weighted by Gasteiger charge is 2.23. The second-order valence-corrected chi connectivity index (χ2v) is 8.45. The van der Waals surface area contributed by atoms with Crippen molar-refractivity contribution in [2.45, 2.75) is 6.54 Å². The Morgan fingerprint density at radius 3 is 2.52 bits per heavy atom. The second kappa shape index (κ2) is 8.76. The van der Waals surface area contributed by atoms with E-state index in [2.05, 4.69) is 22.4 Å². The lowest BCUT2D eigenvalue weighted by Crippen LogP contribution is -2.48. The van der Waals surface area contributed by atoms with Gasteiger partial charge in [-0.25, -0.2) is 4.98 Å². The van der Waals surface area contributed by atoms with Gasteiger partial charge in [0.2, 0.25) is 0 Å². The van der Waals surface area contributed by atoms with Crippen molar-refractivity contribution in [3.8, 4) is 11.3 Å². The molecule has 1 aliphatic rings. The summed E-state index contributed by atoms with van der Waals surface area (Å²) < 4.78 is 0. The molecule has 0 radical (unpaired) electrons. The molecule has 29 heavy (non-hydrogen) atoms. The summed E-state index contributed by atoms with van der Waals surface area (Å²) in [7, 11) is 3.98. The summed E-state index contributed by atoms with van der Waals surface area (Å²) in [5.41, 5.74) is 4.01. The summed E-state index contributed by atoms with van der Waals surface area (Å²) >= 11 is 1.71. The molecule has 0 atom stereocenters. The predicted molar refractivity (Wildman–Crippen MR) is 119 cm³/mol. The van der Waals surface area contributed by atoms with Gasteiger partial charge in [-0.1, -0.05) is 36.4 Å². The number of hydrogen-bond donors (Lipinski definition) is 0. The number of carbonyl (C=O) groups is 1. The average Bonchev–Trinajstić information content (AvgIpc) is 3.23. The molecule has 0 bridgehead atoms. The number of piperazine rings is 1. The molecule has 6 heteroatoms. The highest BCUT2D eigenvalue weighted by atomic mass is 32.1. The maximum atomic E-state index is 12.9. The third kappa shape index (κ3) is 4.66. The van der Waals surface area contributed by atoms with Gasteiger partial charge in [0.05, 0.1) is 12.2 Å². The molecule has 3 aromatic rings. The zero-order valence-electron chi connectivity index (χ0n) is 16.9. The minimum Gasteiger partial charge on any atom is -0.378 e. The van der Waals surface area contributed by atoms with Gasteiger partial charge in [-0.3, -0.25) is 9.69 Å². The van der Waals surface area contributed by atoms with Crippen molar-refractivity contribution in [2.75, 3.05) is 45.2 Å². The van der Waals surface area contributed by atoms with Crippen LogP contribution in [0.5, 0.6) is 0 Å². The number of rotatable bonds is 5. The van der Waals surface area contributed by atoms with E-state index in [1.54, 1.807) is 11.3 Å². The molecule has 1 amide bonds. The predicted octanol–water partition coefficient (Wildman–Crippen LogP) is 3.83. The number of anilines is 1. The van der Waals surface area contributed by atoms with E-state index in [0.29, 0.717) is 0 Å². The molecular weight excluding hydrogens is 380 g/mol. The van der Waals surface area contributed by atoms with Crippen LogP contribution < -0.4 is 4.90 Å². The molecule has 5 nitrogen and oxygen atoms in total. The standard InChI is InChI=1S/C23H26N4OS/c1-25(2)20-10-6-9-19(15-20)23(28)27-13-11-26(12-14-27)16-22-24-21(17-29-22)18-7-4-3-5-8-18/h3-10,15,17H,11-14,16H2,1-2H3. The largest absolute Gasteiger partial charge is 0.378 e. The van der Waals surface area contributed by atoms with Crippen molar-refractivity contribution >= 4 is 22.9 Å². The van der Waals surface area contributed by atoms with Crippen molar-refractivity contribution in [2.24, 2.45) is 0 Å². The van der Waals surface area contributed by atoms with Gasteiger partial charge in [-0.2, -0.15) is 0 Å². The van der Waals surface area contributed by atoms with Gasteiger partial charge in [0.15, 0.2) is 0 Å². The first-order valence-corrected chi connectivity index (χ1v) is 10.8. The van der Waals surface area contributed by atoms with Crippen molar-refractivity contribution in [1.82, 2.24) is 14.8 Å². The van der Waals surface area contributed by atoms with Crippen LogP contribution in [0.1, 0.15) is 15.4 Å². The van der Waals surface area contributed by atoms with E-state index < -0.39 is 0 Å². The Morgan fingerprint density at radius 2 is 1.79 bits per heavy atom. The molecule has 0 unspecified atom stereocenters. The van der Waals surface area contributed by atoms with E-state index in [-0.39, 0.29) is 5.91 Å². The molecule has 0 aliphatic carbocycles. The van der Waals surface area contributed by atoms with Crippen LogP contribution in [0.4, 0.5) is 5.69 Å².